The number of hydrogen-bond donors (Lipinski definition) is 3. The molecule has 0 saturated carbocycles. The van der Waals surface area contributed by atoms with E-state index >= 15 is 0 Å². The minimum atomic E-state index is -0.591. The zero-order chi connectivity index (χ0) is 9.46. The Morgan fingerprint density at radius 2 is 1.33 bits per heavy atom. The van der Waals surface area contributed by atoms with Gasteiger partial charge in [0.15, 0.2) is 6.49 Å². The molecular weight excluding hydrogens is 152 g/mol. The highest BCUT2D eigenvalue weighted by molar-refractivity contribution is 7.47. The molecule has 1 saturated heterocycles. The van der Waals surface area contributed by atoms with E-state index in [0.29, 0.717) is 0 Å². The van der Waals surface area contributed by atoms with Gasteiger partial charge in [0.1, 0.15) is 0 Å². The summed E-state index contributed by atoms with van der Waals surface area (Å²) in [6, 6.07) is 0. The Morgan fingerprint density at radius 3 is 1.67 bits per heavy atom. The van der Waals surface area contributed by atoms with Crippen molar-refractivity contribution in [3.05, 3.63) is 0 Å². The van der Waals surface area contributed by atoms with Crippen LogP contribution in [0.25, 0.3) is 0 Å². The summed E-state index contributed by atoms with van der Waals surface area (Å²) in [5.41, 5.74) is 0. The van der Waals surface area contributed by atoms with Crippen LogP contribution >= 0.6 is 0 Å². The molecular formula is C6H15B3O3. The normalized spacial score (nSPS) is 37.5. The smallest absolute Gasteiger partial charge is 0.251 e. The third-order valence-electron chi connectivity index (χ3n) is 3.23. The minimum Gasteiger partial charge on any atom is -0.458 e. The van der Waals surface area contributed by atoms with Gasteiger partial charge in [-0.1, -0.05) is 20.7 Å². The van der Waals surface area contributed by atoms with E-state index in [1.807, 2.05) is 20.7 Å². The Kier molecular flexibility index (Phi) is 2.91. The molecule has 1 aliphatic heterocycles. The zero-order valence-corrected chi connectivity index (χ0v) is 7.81. The average molecular weight is 168 g/mol. The van der Waals surface area contributed by atoms with Gasteiger partial charge in [0.05, 0.1) is 0 Å². The Balaban J connectivity index is 2.76. The van der Waals surface area contributed by atoms with E-state index < -0.39 is 19.7 Å². The lowest BCUT2D eigenvalue weighted by Gasteiger charge is -2.37. The summed E-state index contributed by atoms with van der Waals surface area (Å²) in [7, 11) is 0. The molecule has 0 aromatic carbocycles. The Morgan fingerprint density at radius 1 is 1.00 bits per heavy atom. The van der Waals surface area contributed by atoms with Crippen LogP contribution in [0.2, 0.25) is 18.5 Å². The molecule has 0 amide bonds. The molecule has 0 aliphatic carbocycles. The summed E-state index contributed by atoms with van der Waals surface area (Å²) in [6.45, 7) is 4.12. The molecule has 3 N–H and O–H groups in total. The molecule has 2 atom stereocenters. The summed E-state index contributed by atoms with van der Waals surface area (Å²) < 4.78 is 0. The predicted octanol–water partition coefficient (Wildman–Crippen LogP) is -0.610. The number of hydrogen-bond acceptors (Lipinski definition) is 3. The monoisotopic (exact) mass is 168 g/mol. The molecule has 0 radical (unpaired) electrons. The van der Waals surface area contributed by atoms with E-state index in [9.17, 15) is 15.2 Å². The molecule has 6 heteroatoms. The van der Waals surface area contributed by atoms with Gasteiger partial charge in [-0.2, -0.15) is 0 Å². The van der Waals surface area contributed by atoms with Crippen LogP contribution in [0.4, 0.5) is 0 Å². The molecule has 1 fully saturated rings. The molecule has 1 rings (SSSR count). The molecule has 66 valence electrons. The van der Waals surface area contributed by atoms with Crippen LogP contribution in [0.1, 0.15) is 13.8 Å². The molecule has 1 aliphatic rings. The van der Waals surface area contributed by atoms with Gasteiger partial charge in [-0.25, -0.2) is 0 Å². The summed E-state index contributed by atoms with van der Waals surface area (Å²) in [4.78, 5) is 0. The molecule has 12 heavy (non-hydrogen) atoms. The van der Waals surface area contributed by atoms with E-state index in [1.54, 1.807) is 0 Å². The zero-order valence-electron chi connectivity index (χ0n) is 7.81. The topological polar surface area (TPSA) is 60.7 Å². The van der Waals surface area contributed by atoms with Gasteiger partial charge >= 0.3 is 0 Å². The van der Waals surface area contributed by atoms with Crippen LogP contribution in [0.15, 0.2) is 0 Å². The van der Waals surface area contributed by atoms with Crippen LogP contribution in [-0.2, 0) is 0 Å². The lowest BCUT2D eigenvalue weighted by atomic mass is 8.92. The van der Waals surface area contributed by atoms with Crippen LogP contribution in [-0.4, -0.2) is 41.4 Å². The maximum absolute atomic E-state index is 9.58. The van der Waals surface area contributed by atoms with Crippen LogP contribution in [0.5, 0.6) is 0 Å². The van der Waals surface area contributed by atoms with Crippen LogP contribution < -0.4 is 0 Å². The minimum absolute atomic E-state index is 0.140. The lowest BCUT2D eigenvalue weighted by molar-refractivity contribution is 0.155. The highest BCUT2D eigenvalue weighted by Gasteiger charge is 2.49. The summed E-state index contributed by atoms with van der Waals surface area (Å²) in [5, 5.41) is 28.8. The summed E-state index contributed by atoms with van der Waals surface area (Å²) >= 11 is 0. The fourth-order valence-electron chi connectivity index (χ4n) is 2.04. The van der Waals surface area contributed by atoms with Gasteiger partial charge in [0.2, 0.25) is 0 Å². The first-order chi connectivity index (χ1) is 5.46. The van der Waals surface area contributed by atoms with Crippen molar-refractivity contribution in [3.63, 3.8) is 0 Å². The highest BCUT2D eigenvalue weighted by Crippen LogP contribution is 2.32. The largest absolute Gasteiger partial charge is 0.458 e. The average Bonchev–Trinajstić information content (AvgIpc) is 2.08. The van der Waals surface area contributed by atoms with E-state index in [0.717, 1.165) is 0 Å². The predicted molar refractivity (Wildman–Crippen MR) is 52.4 cm³/mol. The maximum atomic E-state index is 9.58. The molecule has 2 unspecified atom stereocenters. The van der Waals surface area contributed by atoms with Crippen LogP contribution in [0, 0.1) is 0 Å². The van der Waals surface area contributed by atoms with Gasteiger partial charge in [0.25, 0.3) is 13.6 Å². The van der Waals surface area contributed by atoms with Crippen molar-refractivity contribution < 1.29 is 15.2 Å². The fourth-order valence-corrected chi connectivity index (χ4v) is 2.04. The Hall–Kier alpha value is 0.0748. The highest BCUT2D eigenvalue weighted by atomic mass is 16.3. The molecule has 0 aromatic rings. The fraction of sp³-hybridized carbons (Fsp3) is 1.00. The second-order valence-electron chi connectivity index (χ2n) is 4.05. The van der Waals surface area contributed by atoms with Crippen molar-refractivity contribution in [1.82, 2.24) is 0 Å². The van der Waals surface area contributed by atoms with Crippen molar-refractivity contribution in [2.75, 3.05) is 0 Å². The third-order valence-corrected chi connectivity index (χ3v) is 3.23. The van der Waals surface area contributed by atoms with Crippen LogP contribution in [0.3, 0.4) is 0 Å². The van der Waals surface area contributed by atoms with Crippen molar-refractivity contribution in [2.45, 2.75) is 38.4 Å². The first-order valence-electron chi connectivity index (χ1n) is 4.51. The SMILES string of the molecule is CB1B(O)C(C)C(O)C(C)B1O. The van der Waals surface area contributed by atoms with Crippen molar-refractivity contribution in [3.8, 4) is 0 Å². The van der Waals surface area contributed by atoms with Crippen molar-refractivity contribution >= 4 is 20.1 Å². The number of aliphatic hydroxyl groups excluding tert-OH is 1. The molecule has 0 aromatic heterocycles. The summed E-state index contributed by atoms with van der Waals surface area (Å²) in [6.07, 6.45) is -0.591. The van der Waals surface area contributed by atoms with Gasteiger partial charge in [-0.05, 0) is 11.6 Å². The maximum Gasteiger partial charge on any atom is 0.251 e. The van der Waals surface area contributed by atoms with Gasteiger partial charge < -0.3 is 15.2 Å². The Bertz CT molecular complexity index is 110. The van der Waals surface area contributed by atoms with Gasteiger partial charge in [-0.15, -0.1) is 0 Å². The molecule has 0 bridgehead atoms. The first-order valence-corrected chi connectivity index (χ1v) is 4.51. The lowest BCUT2D eigenvalue weighted by Crippen LogP contribution is -2.59. The number of rotatable bonds is 0. The quantitative estimate of drug-likeness (QED) is 0.422. The van der Waals surface area contributed by atoms with E-state index in [-0.39, 0.29) is 18.1 Å². The standard InChI is InChI=1S/C6H15B3O3/c1-4-6(10)5(2)9(12)7(3)8(4)11/h4-6,10-12H,1-3H3. The van der Waals surface area contributed by atoms with Crippen molar-refractivity contribution in [2.24, 2.45) is 0 Å². The van der Waals surface area contributed by atoms with E-state index in [2.05, 4.69) is 0 Å². The van der Waals surface area contributed by atoms with Crippen molar-refractivity contribution in [1.29, 1.82) is 0 Å². The van der Waals surface area contributed by atoms with E-state index in [1.165, 1.54) is 0 Å². The Labute approximate surface area is 74.4 Å². The second kappa shape index (κ2) is 3.44. The molecule has 1 heterocycles. The van der Waals surface area contributed by atoms with Gasteiger partial charge in [0, 0.05) is 6.10 Å². The first kappa shape index (κ1) is 10.2. The van der Waals surface area contributed by atoms with E-state index in [4.69, 9.17) is 0 Å². The molecule has 3 nitrogen and oxygen atoms in total. The van der Waals surface area contributed by atoms with Gasteiger partial charge in [-0.3, -0.25) is 0 Å². The third kappa shape index (κ3) is 1.43. The number of aliphatic hydroxyl groups is 1. The molecule has 0 spiro atoms. The summed E-state index contributed by atoms with van der Waals surface area (Å²) in [5.74, 6) is -0.281. The second-order valence-corrected chi connectivity index (χ2v) is 4.05.